The Morgan fingerprint density at radius 1 is 1.47 bits per heavy atom. The number of aromatic nitrogens is 3. The molecule has 2 aromatic rings. The van der Waals surface area contributed by atoms with Gasteiger partial charge in [-0.15, -0.1) is 0 Å². The van der Waals surface area contributed by atoms with Gasteiger partial charge in [-0.2, -0.15) is 0 Å². The SMILES string of the molecule is CCNC(=O)c1ncn2cc(C(C)C)ncc12. The quantitative estimate of drug-likeness (QED) is 0.874. The zero-order valence-corrected chi connectivity index (χ0v) is 10.3. The van der Waals surface area contributed by atoms with Crippen molar-refractivity contribution in [1.29, 1.82) is 0 Å². The van der Waals surface area contributed by atoms with Crippen LogP contribution in [0.3, 0.4) is 0 Å². The molecule has 1 N–H and O–H groups in total. The predicted molar refractivity (Wildman–Crippen MR) is 65.1 cm³/mol. The molecular weight excluding hydrogens is 216 g/mol. The molecule has 0 atom stereocenters. The van der Waals surface area contributed by atoms with Gasteiger partial charge in [-0.3, -0.25) is 9.78 Å². The summed E-state index contributed by atoms with van der Waals surface area (Å²) in [6.45, 7) is 6.63. The number of nitrogens with zero attached hydrogens (tertiary/aromatic N) is 3. The molecule has 0 spiro atoms. The van der Waals surface area contributed by atoms with E-state index < -0.39 is 0 Å². The zero-order chi connectivity index (χ0) is 12.4. The Balaban J connectivity index is 2.45. The van der Waals surface area contributed by atoms with Crippen molar-refractivity contribution in [1.82, 2.24) is 19.7 Å². The first-order valence-electron chi connectivity index (χ1n) is 5.74. The largest absolute Gasteiger partial charge is 0.351 e. The molecule has 0 aliphatic rings. The van der Waals surface area contributed by atoms with Crippen LogP contribution in [0.4, 0.5) is 0 Å². The van der Waals surface area contributed by atoms with Gasteiger partial charge in [0.25, 0.3) is 5.91 Å². The van der Waals surface area contributed by atoms with Gasteiger partial charge in [-0.1, -0.05) is 13.8 Å². The monoisotopic (exact) mass is 232 g/mol. The van der Waals surface area contributed by atoms with Crippen LogP contribution < -0.4 is 5.32 Å². The Morgan fingerprint density at radius 2 is 2.24 bits per heavy atom. The first-order chi connectivity index (χ1) is 8.13. The second-order valence-electron chi connectivity index (χ2n) is 4.21. The predicted octanol–water partition coefficient (Wildman–Crippen LogP) is 1.60. The van der Waals surface area contributed by atoms with E-state index in [0.717, 1.165) is 11.2 Å². The van der Waals surface area contributed by atoms with Crippen molar-refractivity contribution in [3.05, 3.63) is 30.1 Å². The van der Waals surface area contributed by atoms with Crippen molar-refractivity contribution in [2.24, 2.45) is 0 Å². The second-order valence-corrected chi connectivity index (χ2v) is 4.21. The smallest absolute Gasteiger partial charge is 0.272 e. The molecule has 5 nitrogen and oxygen atoms in total. The van der Waals surface area contributed by atoms with E-state index in [1.54, 1.807) is 12.5 Å². The van der Waals surface area contributed by atoms with Crippen molar-refractivity contribution >= 4 is 11.4 Å². The Kier molecular flexibility index (Phi) is 3.08. The lowest BCUT2D eigenvalue weighted by Gasteiger charge is -2.05. The maximum absolute atomic E-state index is 11.7. The van der Waals surface area contributed by atoms with Crippen molar-refractivity contribution in [3.63, 3.8) is 0 Å². The van der Waals surface area contributed by atoms with Crippen molar-refractivity contribution in [2.45, 2.75) is 26.7 Å². The molecule has 0 aliphatic heterocycles. The number of hydrogen-bond acceptors (Lipinski definition) is 3. The third kappa shape index (κ3) is 2.13. The van der Waals surface area contributed by atoms with E-state index in [9.17, 15) is 4.79 Å². The van der Waals surface area contributed by atoms with Gasteiger partial charge in [0, 0.05) is 12.7 Å². The molecule has 0 unspecified atom stereocenters. The van der Waals surface area contributed by atoms with Crippen LogP contribution in [0.15, 0.2) is 18.7 Å². The Bertz CT molecular complexity index is 544. The Hall–Kier alpha value is -1.91. The maximum Gasteiger partial charge on any atom is 0.272 e. The van der Waals surface area contributed by atoms with Crippen molar-refractivity contribution < 1.29 is 4.79 Å². The molecule has 0 aliphatic carbocycles. The van der Waals surface area contributed by atoms with Gasteiger partial charge < -0.3 is 9.72 Å². The van der Waals surface area contributed by atoms with Gasteiger partial charge in [0.2, 0.25) is 0 Å². The van der Waals surface area contributed by atoms with Crippen LogP contribution >= 0.6 is 0 Å². The van der Waals surface area contributed by atoms with Gasteiger partial charge in [-0.05, 0) is 12.8 Å². The van der Waals surface area contributed by atoms with E-state index in [-0.39, 0.29) is 5.91 Å². The lowest BCUT2D eigenvalue weighted by atomic mass is 10.1. The normalized spacial score (nSPS) is 11.1. The van der Waals surface area contributed by atoms with Crippen LogP contribution in [0.1, 0.15) is 42.9 Å². The molecule has 0 bridgehead atoms. The van der Waals surface area contributed by atoms with E-state index in [4.69, 9.17) is 0 Å². The lowest BCUT2D eigenvalue weighted by molar-refractivity contribution is 0.0953. The average Bonchev–Trinajstić information content (AvgIpc) is 2.71. The molecule has 2 aromatic heterocycles. The highest BCUT2D eigenvalue weighted by atomic mass is 16.1. The minimum absolute atomic E-state index is 0.158. The third-order valence-electron chi connectivity index (χ3n) is 2.58. The highest BCUT2D eigenvalue weighted by Gasteiger charge is 2.13. The number of nitrogens with one attached hydrogen (secondary N) is 1. The van der Waals surface area contributed by atoms with Gasteiger partial charge in [0.15, 0.2) is 5.69 Å². The minimum Gasteiger partial charge on any atom is -0.351 e. The van der Waals surface area contributed by atoms with E-state index in [0.29, 0.717) is 18.2 Å². The molecule has 5 heteroatoms. The number of carbonyl (C=O) groups is 1. The van der Waals surface area contributed by atoms with Crippen LogP contribution in [0, 0.1) is 0 Å². The summed E-state index contributed by atoms with van der Waals surface area (Å²) >= 11 is 0. The van der Waals surface area contributed by atoms with E-state index >= 15 is 0 Å². The van der Waals surface area contributed by atoms with Crippen LogP contribution in [-0.4, -0.2) is 26.8 Å². The summed E-state index contributed by atoms with van der Waals surface area (Å²) in [7, 11) is 0. The number of fused-ring (bicyclic) bond motifs is 1. The summed E-state index contributed by atoms with van der Waals surface area (Å²) in [6, 6.07) is 0. The molecule has 0 saturated carbocycles. The number of rotatable bonds is 3. The lowest BCUT2D eigenvalue weighted by Crippen LogP contribution is -2.23. The minimum atomic E-state index is -0.158. The van der Waals surface area contributed by atoms with Gasteiger partial charge in [0.05, 0.1) is 17.4 Å². The summed E-state index contributed by atoms with van der Waals surface area (Å²) in [5, 5.41) is 2.73. The van der Waals surface area contributed by atoms with Gasteiger partial charge >= 0.3 is 0 Å². The van der Waals surface area contributed by atoms with Crippen LogP contribution in [0.5, 0.6) is 0 Å². The molecule has 1 amide bonds. The molecule has 2 rings (SSSR count). The summed E-state index contributed by atoms with van der Waals surface area (Å²) in [5.41, 5.74) is 2.15. The fourth-order valence-electron chi connectivity index (χ4n) is 1.63. The van der Waals surface area contributed by atoms with Crippen LogP contribution in [0.25, 0.3) is 5.52 Å². The highest BCUT2D eigenvalue weighted by Crippen LogP contribution is 2.14. The number of hydrogen-bond donors (Lipinski definition) is 1. The fraction of sp³-hybridized carbons (Fsp3) is 0.417. The van der Waals surface area contributed by atoms with E-state index in [1.165, 1.54) is 0 Å². The molecule has 90 valence electrons. The third-order valence-corrected chi connectivity index (χ3v) is 2.58. The molecule has 17 heavy (non-hydrogen) atoms. The molecule has 0 radical (unpaired) electrons. The Labute approximate surface area is 99.9 Å². The highest BCUT2D eigenvalue weighted by molar-refractivity contribution is 5.98. The Morgan fingerprint density at radius 3 is 2.88 bits per heavy atom. The molecule has 0 saturated heterocycles. The van der Waals surface area contributed by atoms with Crippen LogP contribution in [0.2, 0.25) is 0 Å². The van der Waals surface area contributed by atoms with Gasteiger partial charge in [0.1, 0.15) is 6.33 Å². The molecule has 0 aromatic carbocycles. The summed E-state index contributed by atoms with van der Waals surface area (Å²) in [6.07, 6.45) is 5.26. The number of amides is 1. The topological polar surface area (TPSA) is 59.3 Å². The molecule has 0 fully saturated rings. The number of imidazole rings is 1. The van der Waals surface area contributed by atoms with E-state index in [1.807, 2.05) is 17.5 Å². The second kappa shape index (κ2) is 4.53. The van der Waals surface area contributed by atoms with Crippen molar-refractivity contribution in [2.75, 3.05) is 6.54 Å². The molecular formula is C12H16N4O. The van der Waals surface area contributed by atoms with Gasteiger partial charge in [-0.25, -0.2) is 4.98 Å². The zero-order valence-electron chi connectivity index (χ0n) is 10.3. The summed E-state index contributed by atoms with van der Waals surface area (Å²) in [5.74, 6) is 0.198. The summed E-state index contributed by atoms with van der Waals surface area (Å²) < 4.78 is 1.84. The maximum atomic E-state index is 11.7. The average molecular weight is 232 g/mol. The first kappa shape index (κ1) is 11.6. The summed E-state index contributed by atoms with van der Waals surface area (Å²) in [4.78, 5) is 20.2. The standard InChI is InChI=1S/C12H16N4O/c1-4-13-12(17)11-10-5-14-9(8(2)3)6-16(10)7-15-11/h5-8H,4H2,1-3H3,(H,13,17). The van der Waals surface area contributed by atoms with Crippen molar-refractivity contribution in [3.8, 4) is 0 Å². The van der Waals surface area contributed by atoms with Crippen LogP contribution in [-0.2, 0) is 0 Å². The fourth-order valence-corrected chi connectivity index (χ4v) is 1.63. The molecule has 2 heterocycles. The first-order valence-corrected chi connectivity index (χ1v) is 5.74. The number of carbonyl (C=O) groups excluding carboxylic acids is 1. The van der Waals surface area contributed by atoms with E-state index in [2.05, 4.69) is 29.1 Å².